The first-order chi connectivity index (χ1) is 12.9. The van der Waals surface area contributed by atoms with E-state index in [0.29, 0.717) is 37.0 Å². The first-order valence-electron chi connectivity index (χ1n) is 9.37. The molecule has 0 aliphatic carbocycles. The molecule has 0 radical (unpaired) electrons. The third-order valence-electron chi connectivity index (χ3n) is 4.60. The average Bonchev–Trinajstić information content (AvgIpc) is 3.17. The lowest BCUT2D eigenvalue weighted by Crippen LogP contribution is -2.33. The zero-order valence-corrected chi connectivity index (χ0v) is 18.0. The summed E-state index contributed by atoms with van der Waals surface area (Å²) >= 11 is 5.36. The average molecular weight is 415 g/mol. The number of methoxy groups -OCH3 is 1. The molecule has 1 aromatic rings. The molecule has 7 nitrogen and oxygen atoms in total. The van der Waals surface area contributed by atoms with E-state index in [1.807, 2.05) is 19.9 Å². The van der Waals surface area contributed by atoms with Gasteiger partial charge in [0.15, 0.2) is 5.11 Å². The molecule has 0 atom stereocenters. The second-order valence-electron chi connectivity index (χ2n) is 6.34. The highest BCUT2D eigenvalue weighted by Gasteiger charge is 2.24. The van der Waals surface area contributed by atoms with E-state index in [1.165, 1.54) is 4.31 Å². The number of nitrogens with zero attached hydrogens (tertiary/aromatic N) is 2. The van der Waals surface area contributed by atoms with Gasteiger partial charge in [-0.15, -0.1) is 0 Å². The van der Waals surface area contributed by atoms with E-state index < -0.39 is 10.0 Å². The molecule has 0 bridgehead atoms. The molecule has 0 unspecified atom stereocenters. The molecular weight excluding hydrogens is 384 g/mol. The Balaban J connectivity index is 2.32. The van der Waals surface area contributed by atoms with Crippen LogP contribution in [0.1, 0.15) is 26.7 Å². The minimum absolute atomic E-state index is 0.274. The SMILES string of the molecule is CCN(CC)S(=O)(=O)c1ccc(N2CCCC2)c(NC(=S)NCCOC)c1. The Kier molecular flexibility index (Phi) is 8.28. The standard InChI is InChI=1S/C18H30N4O3S2/c1-4-22(5-2)27(23,24)15-8-9-17(21-11-6-7-12-21)16(14-15)20-18(26)19-10-13-25-3/h8-9,14H,4-7,10-13H2,1-3H3,(H2,19,20,26). The largest absolute Gasteiger partial charge is 0.383 e. The van der Waals surface area contributed by atoms with E-state index in [9.17, 15) is 8.42 Å². The maximum Gasteiger partial charge on any atom is 0.243 e. The molecule has 2 rings (SSSR count). The Morgan fingerprint density at radius 3 is 2.52 bits per heavy atom. The molecule has 1 fully saturated rings. The van der Waals surface area contributed by atoms with Crippen LogP contribution < -0.4 is 15.5 Å². The smallest absolute Gasteiger partial charge is 0.243 e. The Labute approximate surface area is 168 Å². The van der Waals surface area contributed by atoms with Crippen LogP contribution in [0.25, 0.3) is 0 Å². The summed E-state index contributed by atoms with van der Waals surface area (Å²) in [4.78, 5) is 2.53. The van der Waals surface area contributed by atoms with Crippen molar-refractivity contribution in [2.45, 2.75) is 31.6 Å². The number of anilines is 2. The van der Waals surface area contributed by atoms with E-state index in [2.05, 4.69) is 15.5 Å². The van der Waals surface area contributed by atoms with Gasteiger partial charge in [0.25, 0.3) is 0 Å². The van der Waals surface area contributed by atoms with Crippen molar-refractivity contribution in [2.75, 3.05) is 56.7 Å². The van der Waals surface area contributed by atoms with Crippen molar-refractivity contribution in [3.05, 3.63) is 18.2 Å². The van der Waals surface area contributed by atoms with Gasteiger partial charge in [0.1, 0.15) is 0 Å². The topological polar surface area (TPSA) is 73.9 Å². The molecule has 152 valence electrons. The molecule has 0 spiro atoms. The van der Waals surface area contributed by atoms with E-state index in [-0.39, 0.29) is 4.90 Å². The third-order valence-corrected chi connectivity index (χ3v) is 6.89. The van der Waals surface area contributed by atoms with Crippen LogP contribution in [0.3, 0.4) is 0 Å². The van der Waals surface area contributed by atoms with Crippen LogP contribution in [0.15, 0.2) is 23.1 Å². The molecule has 1 aromatic carbocycles. The fourth-order valence-electron chi connectivity index (χ4n) is 3.16. The van der Waals surface area contributed by atoms with Gasteiger partial charge in [-0.3, -0.25) is 0 Å². The number of thiocarbonyl (C=S) groups is 1. The zero-order valence-electron chi connectivity index (χ0n) is 16.3. The molecule has 27 heavy (non-hydrogen) atoms. The molecular formula is C18H30N4O3S2. The summed E-state index contributed by atoms with van der Waals surface area (Å²) < 4.78 is 32.3. The van der Waals surface area contributed by atoms with Crippen LogP contribution in [-0.2, 0) is 14.8 Å². The summed E-state index contributed by atoms with van der Waals surface area (Å²) in [6, 6.07) is 5.25. The monoisotopic (exact) mass is 414 g/mol. The lowest BCUT2D eigenvalue weighted by atomic mass is 10.2. The van der Waals surface area contributed by atoms with Gasteiger partial charge in [-0.1, -0.05) is 13.8 Å². The van der Waals surface area contributed by atoms with E-state index in [1.54, 1.807) is 19.2 Å². The zero-order chi connectivity index (χ0) is 19.9. The van der Waals surface area contributed by atoms with Gasteiger partial charge in [0.2, 0.25) is 10.0 Å². The summed E-state index contributed by atoms with van der Waals surface area (Å²) in [7, 11) is -1.90. The number of hydrogen-bond donors (Lipinski definition) is 2. The highest BCUT2D eigenvalue weighted by Crippen LogP contribution is 2.32. The van der Waals surface area contributed by atoms with E-state index >= 15 is 0 Å². The van der Waals surface area contributed by atoms with Crippen LogP contribution >= 0.6 is 12.2 Å². The Morgan fingerprint density at radius 1 is 1.26 bits per heavy atom. The number of ether oxygens (including phenoxy) is 1. The van der Waals surface area contributed by atoms with Gasteiger partial charge in [0.05, 0.1) is 22.9 Å². The fourth-order valence-corrected chi connectivity index (χ4v) is 4.85. The van der Waals surface area contributed by atoms with Crippen LogP contribution in [-0.4, -0.2) is 64.3 Å². The minimum atomic E-state index is -3.53. The van der Waals surface area contributed by atoms with Gasteiger partial charge in [-0.25, -0.2) is 8.42 Å². The number of hydrogen-bond acceptors (Lipinski definition) is 5. The Hall–Kier alpha value is -1.42. The predicted molar refractivity (Wildman–Crippen MR) is 114 cm³/mol. The normalized spacial score (nSPS) is 14.6. The van der Waals surface area contributed by atoms with Crippen molar-refractivity contribution in [3.8, 4) is 0 Å². The Bertz CT molecular complexity index is 730. The van der Waals surface area contributed by atoms with Crippen LogP contribution in [0.4, 0.5) is 11.4 Å². The molecule has 0 aromatic heterocycles. The van der Waals surface area contributed by atoms with Crippen molar-refractivity contribution in [1.29, 1.82) is 0 Å². The fraction of sp³-hybridized carbons (Fsp3) is 0.611. The summed E-state index contributed by atoms with van der Waals surface area (Å²) in [6.45, 7) is 7.59. The third kappa shape index (κ3) is 5.54. The summed E-state index contributed by atoms with van der Waals surface area (Å²) in [5.74, 6) is 0. The minimum Gasteiger partial charge on any atom is -0.383 e. The van der Waals surface area contributed by atoms with Crippen molar-refractivity contribution in [2.24, 2.45) is 0 Å². The maximum atomic E-state index is 12.9. The highest BCUT2D eigenvalue weighted by atomic mass is 32.2. The van der Waals surface area contributed by atoms with Gasteiger partial charge < -0.3 is 20.3 Å². The van der Waals surface area contributed by atoms with Gasteiger partial charge >= 0.3 is 0 Å². The summed E-state index contributed by atoms with van der Waals surface area (Å²) in [5, 5.41) is 6.69. The second kappa shape index (κ2) is 10.2. The molecule has 1 aliphatic rings. The van der Waals surface area contributed by atoms with Crippen LogP contribution in [0.2, 0.25) is 0 Å². The lowest BCUT2D eigenvalue weighted by Gasteiger charge is -2.24. The molecule has 0 saturated carbocycles. The first kappa shape index (κ1) is 21.9. The van der Waals surface area contributed by atoms with Crippen molar-refractivity contribution >= 4 is 38.7 Å². The number of nitrogens with one attached hydrogen (secondary N) is 2. The van der Waals surface area contributed by atoms with E-state index in [4.69, 9.17) is 17.0 Å². The number of rotatable bonds is 9. The molecule has 0 amide bonds. The van der Waals surface area contributed by atoms with Crippen LogP contribution in [0.5, 0.6) is 0 Å². The molecule has 1 saturated heterocycles. The Morgan fingerprint density at radius 2 is 1.93 bits per heavy atom. The van der Waals surface area contributed by atoms with Gasteiger partial charge in [0, 0.05) is 39.8 Å². The highest BCUT2D eigenvalue weighted by molar-refractivity contribution is 7.89. The molecule has 1 heterocycles. The van der Waals surface area contributed by atoms with Crippen molar-refractivity contribution in [3.63, 3.8) is 0 Å². The first-order valence-corrected chi connectivity index (χ1v) is 11.2. The van der Waals surface area contributed by atoms with Crippen molar-refractivity contribution in [1.82, 2.24) is 9.62 Å². The molecule has 9 heteroatoms. The summed E-state index contributed by atoms with van der Waals surface area (Å²) in [5.41, 5.74) is 1.68. The van der Waals surface area contributed by atoms with Gasteiger partial charge in [-0.2, -0.15) is 4.31 Å². The van der Waals surface area contributed by atoms with Crippen LogP contribution in [0, 0.1) is 0 Å². The molecule has 1 aliphatic heterocycles. The van der Waals surface area contributed by atoms with Gasteiger partial charge in [-0.05, 0) is 43.3 Å². The number of benzene rings is 1. The maximum absolute atomic E-state index is 12.9. The number of sulfonamides is 1. The molecule has 2 N–H and O–H groups in total. The predicted octanol–water partition coefficient (Wildman–Crippen LogP) is 2.25. The second-order valence-corrected chi connectivity index (χ2v) is 8.68. The quantitative estimate of drug-likeness (QED) is 0.474. The summed E-state index contributed by atoms with van der Waals surface area (Å²) in [6.07, 6.45) is 2.27. The van der Waals surface area contributed by atoms with E-state index in [0.717, 1.165) is 31.6 Å². The van der Waals surface area contributed by atoms with Crippen molar-refractivity contribution < 1.29 is 13.2 Å². The lowest BCUT2D eigenvalue weighted by molar-refractivity contribution is 0.204.